The summed E-state index contributed by atoms with van der Waals surface area (Å²) in [6.45, 7) is 15.8. The van der Waals surface area contributed by atoms with Gasteiger partial charge in [-0.3, -0.25) is 0 Å². The van der Waals surface area contributed by atoms with Crippen LogP contribution in [0.15, 0.2) is 47.0 Å². The molecule has 0 saturated carbocycles. The number of fused-ring (bicyclic) bond motifs is 5. The van der Waals surface area contributed by atoms with E-state index in [4.69, 9.17) is 5.79 Å². The van der Waals surface area contributed by atoms with Crippen molar-refractivity contribution in [1.29, 1.82) is 0 Å². The van der Waals surface area contributed by atoms with Gasteiger partial charge in [0, 0.05) is 24.3 Å². The topological polar surface area (TPSA) is 17.0 Å². The molecule has 2 heteroatoms. The fourth-order valence-corrected chi connectivity index (χ4v) is 5.91. The monoisotopic (exact) mass is 427 g/mol. The van der Waals surface area contributed by atoms with Gasteiger partial charge in [-0.15, -0.1) is 0 Å². The Hall–Kier alpha value is -2.61. The number of benzene rings is 2. The van der Waals surface area contributed by atoms with Gasteiger partial charge in [0.2, 0.25) is 5.69 Å². The molecule has 0 amide bonds. The first-order valence-electron chi connectivity index (χ1n) is 12.3. The highest BCUT2D eigenvalue weighted by atomic mass is 16.3. The van der Waals surface area contributed by atoms with E-state index in [0.717, 1.165) is 28.8 Å². The molecular weight excluding hydrogens is 390 g/mol. The molecule has 2 heterocycles. The van der Waals surface area contributed by atoms with Gasteiger partial charge >= 0.3 is 0 Å². The van der Waals surface area contributed by atoms with Crippen LogP contribution in [-0.4, -0.2) is 0 Å². The van der Waals surface area contributed by atoms with Crippen molar-refractivity contribution in [3.8, 4) is 11.3 Å². The molecule has 5 rings (SSSR count). The lowest BCUT2D eigenvalue weighted by Crippen LogP contribution is -2.36. The van der Waals surface area contributed by atoms with Gasteiger partial charge in [-0.25, -0.2) is 4.57 Å². The summed E-state index contributed by atoms with van der Waals surface area (Å²) in [5.74, 6) is -0.667. The molecular formula is C30H36NO+. The van der Waals surface area contributed by atoms with E-state index in [1.165, 1.54) is 39.4 Å². The summed E-state index contributed by atoms with van der Waals surface area (Å²) in [5.41, 5.74) is 9.61. The molecule has 0 saturated heterocycles. The highest BCUT2D eigenvalue weighted by Gasteiger charge is 2.42. The molecule has 0 atom stereocenters. The van der Waals surface area contributed by atoms with Crippen molar-refractivity contribution in [1.82, 2.24) is 0 Å². The predicted molar refractivity (Wildman–Crippen MR) is 134 cm³/mol. The van der Waals surface area contributed by atoms with Crippen LogP contribution < -0.4 is 4.57 Å². The minimum atomic E-state index is -0.667. The predicted octanol–water partition coefficient (Wildman–Crippen LogP) is 7.86. The third-order valence-corrected chi connectivity index (χ3v) is 7.78. The minimum Gasteiger partial charge on any atom is -0.455 e. The molecule has 32 heavy (non-hydrogen) atoms. The Labute approximate surface area is 193 Å². The number of aryl methyl sites for hydroxylation is 1. The first-order chi connectivity index (χ1) is 15.3. The molecule has 0 bridgehead atoms. The van der Waals surface area contributed by atoms with Crippen LogP contribution in [0.3, 0.4) is 0 Å². The molecule has 0 N–H and O–H groups in total. The third-order valence-electron chi connectivity index (χ3n) is 7.78. The van der Waals surface area contributed by atoms with Gasteiger partial charge in [0.1, 0.15) is 18.2 Å². The van der Waals surface area contributed by atoms with Crippen molar-refractivity contribution in [3.05, 3.63) is 64.8 Å². The molecule has 1 aliphatic rings. The lowest BCUT2D eigenvalue weighted by Gasteiger charge is -2.43. The highest BCUT2D eigenvalue weighted by molar-refractivity contribution is 6.12. The summed E-state index contributed by atoms with van der Waals surface area (Å²) in [6, 6.07) is 12.7. The summed E-state index contributed by atoms with van der Waals surface area (Å²) in [7, 11) is 2.10. The smallest absolute Gasteiger partial charge is 0.216 e. The maximum atomic E-state index is 8.64. The number of nitrogens with zero attached hydrogens (tertiary/aromatic N) is 1. The van der Waals surface area contributed by atoms with Gasteiger partial charge in [-0.2, -0.15) is 0 Å². The Morgan fingerprint density at radius 1 is 1.00 bits per heavy atom. The molecule has 0 unspecified atom stereocenters. The van der Waals surface area contributed by atoms with Gasteiger partial charge in [-0.1, -0.05) is 59.7 Å². The van der Waals surface area contributed by atoms with Gasteiger partial charge < -0.3 is 4.42 Å². The zero-order valence-electron chi connectivity index (χ0n) is 21.8. The maximum absolute atomic E-state index is 8.64. The Morgan fingerprint density at radius 3 is 2.34 bits per heavy atom. The number of para-hydroxylation sites is 1. The van der Waals surface area contributed by atoms with Crippen molar-refractivity contribution in [3.63, 3.8) is 0 Å². The average molecular weight is 428 g/mol. The fourth-order valence-electron chi connectivity index (χ4n) is 5.91. The van der Waals surface area contributed by atoms with Crippen LogP contribution in [0.25, 0.3) is 33.2 Å². The minimum absolute atomic E-state index is 0.0756. The SMILES string of the molecule is [2H]C(C)(C)c1cc[n+](C)c(-c2c(C)c3c(c4c2oc2ccccc24)C(C)(C)CCC3(C)C)c1. The largest absolute Gasteiger partial charge is 0.455 e. The van der Waals surface area contributed by atoms with Crippen LogP contribution in [-0.2, 0) is 17.9 Å². The molecule has 166 valence electrons. The molecule has 0 spiro atoms. The molecule has 2 aromatic carbocycles. The van der Waals surface area contributed by atoms with E-state index in [0.29, 0.717) is 0 Å². The molecule has 0 radical (unpaired) electrons. The second-order valence-corrected chi connectivity index (χ2v) is 11.2. The lowest BCUT2D eigenvalue weighted by atomic mass is 9.60. The van der Waals surface area contributed by atoms with Crippen LogP contribution in [0, 0.1) is 6.92 Å². The fraction of sp³-hybridized carbons (Fsp3) is 0.433. The first-order valence-corrected chi connectivity index (χ1v) is 11.8. The lowest BCUT2D eigenvalue weighted by molar-refractivity contribution is -0.660. The number of rotatable bonds is 2. The van der Waals surface area contributed by atoms with Crippen molar-refractivity contribution < 1.29 is 10.4 Å². The quantitative estimate of drug-likeness (QED) is 0.298. The van der Waals surface area contributed by atoms with E-state index < -0.39 is 5.89 Å². The van der Waals surface area contributed by atoms with E-state index in [1.807, 2.05) is 13.8 Å². The Kier molecular flexibility index (Phi) is 4.35. The first kappa shape index (κ1) is 20.0. The molecule has 1 aliphatic carbocycles. The second-order valence-electron chi connectivity index (χ2n) is 11.2. The summed E-state index contributed by atoms with van der Waals surface area (Å²) >= 11 is 0. The second kappa shape index (κ2) is 6.94. The van der Waals surface area contributed by atoms with Gasteiger partial charge in [0.25, 0.3) is 0 Å². The molecule has 0 fully saturated rings. The van der Waals surface area contributed by atoms with Crippen molar-refractivity contribution in [2.24, 2.45) is 7.05 Å². The van der Waals surface area contributed by atoms with Crippen LogP contribution in [0.4, 0.5) is 0 Å². The van der Waals surface area contributed by atoms with Crippen LogP contribution >= 0.6 is 0 Å². The molecule has 4 aromatic rings. The van der Waals surface area contributed by atoms with Crippen molar-refractivity contribution in [2.45, 2.75) is 78.0 Å². The standard InChI is InChI=1S/C30H36NO/c1-18(2)20-13-16-31(8)22(17-20)24-19(3)26-27(30(6,7)15-14-29(26,4)5)25-21-11-9-10-12-23(21)32-28(24)25/h9-13,16-18H,14-15H2,1-8H3/q+1/i18D. The molecule has 0 aliphatic heterocycles. The Morgan fingerprint density at radius 2 is 1.66 bits per heavy atom. The zero-order valence-corrected chi connectivity index (χ0v) is 20.8. The van der Waals surface area contributed by atoms with Crippen LogP contribution in [0.5, 0.6) is 0 Å². The summed E-state index contributed by atoms with van der Waals surface area (Å²) in [6.07, 6.45) is 4.42. The van der Waals surface area contributed by atoms with Gasteiger partial charge in [0.05, 0.1) is 5.56 Å². The van der Waals surface area contributed by atoms with E-state index in [2.05, 4.69) is 88.8 Å². The van der Waals surface area contributed by atoms with Crippen LogP contribution in [0.1, 0.15) is 83.9 Å². The average Bonchev–Trinajstić information content (AvgIpc) is 3.09. The van der Waals surface area contributed by atoms with Gasteiger partial charge in [0.15, 0.2) is 6.20 Å². The van der Waals surface area contributed by atoms with Gasteiger partial charge in [-0.05, 0) is 64.8 Å². The number of aromatic nitrogens is 1. The van der Waals surface area contributed by atoms with Crippen LogP contribution in [0.2, 0.25) is 0 Å². The Balaban J connectivity index is 2.03. The number of furan rings is 1. The summed E-state index contributed by atoms with van der Waals surface area (Å²) in [4.78, 5) is 0. The van der Waals surface area contributed by atoms with Crippen molar-refractivity contribution in [2.75, 3.05) is 0 Å². The van der Waals surface area contributed by atoms with Crippen molar-refractivity contribution >= 4 is 21.9 Å². The highest BCUT2D eigenvalue weighted by Crippen LogP contribution is 2.54. The Bertz CT molecular complexity index is 1420. The van der Waals surface area contributed by atoms with E-state index in [9.17, 15) is 0 Å². The normalized spacial score (nSPS) is 18.1. The summed E-state index contributed by atoms with van der Waals surface area (Å²) < 4.78 is 17.5. The van der Waals surface area contributed by atoms with E-state index >= 15 is 0 Å². The number of pyridine rings is 1. The zero-order chi connectivity index (χ0) is 23.9. The van der Waals surface area contributed by atoms with E-state index in [-0.39, 0.29) is 10.8 Å². The summed E-state index contributed by atoms with van der Waals surface area (Å²) in [5, 5.41) is 2.48. The van der Waals surface area contributed by atoms with E-state index in [1.54, 1.807) is 0 Å². The molecule has 2 aromatic heterocycles. The number of hydrogen-bond donors (Lipinski definition) is 0. The molecule has 2 nitrogen and oxygen atoms in total. The third kappa shape index (κ3) is 2.95. The number of hydrogen-bond acceptors (Lipinski definition) is 1. The maximum Gasteiger partial charge on any atom is 0.216 e.